The number of hydrogen-bond donors (Lipinski definition) is 1. The van der Waals surface area contributed by atoms with Gasteiger partial charge in [-0.15, -0.1) is 0 Å². The number of hydrogen-bond acceptors (Lipinski definition) is 4. The molecule has 0 atom stereocenters. The number of pyridine rings is 1. The first-order chi connectivity index (χ1) is 12.9. The van der Waals surface area contributed by atoms with Gasteiger partial charge in [-0.3, -0.25) is 9.59 Å². The summed E-state index contributed by atoms with van der Waals surface area (Å²) in [6.45, 7) is 0.572. The van der Waals surface area contributed by atoms with Crippen molar-refractivity contribution in [1.29, 1.82) is 0 Å². The van der Waals surface area contributed by atoms with Gasteiger partial charge >= 0.3 is 0 Å². The van der Waals surface area contributed by atoms with E-state index >= 15 is 0 Å². The number of β-amino-alcohol motifs (C(OH)–C–C–N with tert-alkyl or cyclic N) is 1. The van der Waals surface area contributed by atoms with E-state index in [0.29, 0.717) is 35.1 Å². The smallest absolute Gasteiger partial charge is 0.242 e. The number of aliphatic hydroxyl groups excluding tert-OH is 1. The Bertz CT molecular complexity index is 1040. The fourth-order valence-corrected chi connectivity index (χ4v) is 3.44. The number of ketones is 1. The van der Waals surface area contributed by atoms with Gasteiger partial charge in [-0.1, -0.05) is 11.6 Å². The van der Waals surface area contributed by atoms with E-state index in [4.69, 9.17) is 11.6 Å². The average molecular weight is 388 g/mol. The van der Waals surface area contributed by atoms with Crippen molar-refractivity contribution >= 4 is 34.2 Å². The number of halogens is 2. The monoisotopic (exact) mass is 387 g/mol. The molecule has 1 aliphatic rings. The molecule has 138 valence electrons. The van der Waals surface area contributed by atoms with E-state index < -0.39 is 11.9 Å². The lowest BCUT2D eigenvalue weighted by Crippen LogP contribution is -2.54. The molecule has 3 heterocycles. The van der Waals surface area contributed by atoms with E-state index in [1.54, 1.807) is 16.8 Å². The van der Waals surface area contributed by atoms with Gasteiger partial charge in [0.2, 0.25) is 5.91 Å². The first-order valence-corrected chi connectivity index (χ1v) is 8.71. The Morgan fingerprint density at radius 3 is 2.59 bits per heavy atom. The van der Waals surface area contributed by atoms with Crippen LogP contribution in [0.1, 0.15) is 15.9 Å². The van der Waals surface area contributed by atoms with Gasteiger partial charge in [0.05, 0.1) is 11.6 Å². The Morgan fingerprint density at radius 1 is 1.22 bits per heavy atom. The summed E-state index contributed by atoms with van der Waals surface area (Å²) in [6.07, 6.45) is 2.57. The molecule has 1 aliphatic heterocycles. The van der Waals surface area contributed by atoms with Gasteiger partial charge in [0.15, 0.2) is 10.9 Å². The van der Waals surface area contributed by atoms with Crippen LogP contribution in [0.4, 0.5) is 4.39 Å². The Hall–Kier alpha value is -2.77. The number of carbonyl (C=O) groups is 2. The number of benzene rings is 1. The Balaban J connectivity index is 1.73. The summed E-state index contributed by atoms with van der Waals surface area (Å²) in [5.74, 6) is -0.908. The molecule has 0 saturated carbocycles. The third-order valence-electron chi connectivity index (χ3n) is 4.61. The fourth-order valence-electron chi connectivity index (χ4n) is 3.18. The molecule has 3 aromatic rings. The van der Waals surface area contributed by atoms with Gasteiger partial charge in [0.25, 0.3) is 0 Å². The number of nitrogens with zero attached hydrogens (tertiary/aromatic N) is 3. The van der Waals surface area contributed by atoms with Gasteiger partial charge < -0.3 is 14.6 Å². The predicted octanol–water partition coefficient (Wildman–Crippen LogP) is 2.26. The van der Waals surface area contributed by atoms with Crippen LogP contribution < -0.4 is 0 Å². The predicted molar refractivity (Wildman–Crippen MR) is 97.2 cm³/mol. The highest BCUT2D eigenvalue weighted by atomic mass is 35.5. The van der Waals surface area contributed by atoms with Crippen molar-refractivity contribution in [3.63, 3.8) is 0 Å². The van der Waals surface area contributed by atoms with Gasteiger partial charge in [-0.25, -0.2) is 9.37 Å². The molecule has 0 unspecified atom stereocenters. The number of amides is 1. The Labute approximate surface area is 158 Å². The molecule has 1 saturated heterocycles. The molecule has 1 aromatic carbocycles. The van der Waals surface area contributed by atoms with Crippen molar-refractivity contribution in [2.75, 3.05) is 13.1 Å². The second kappa shape index (κ2) is 6.75. The van der Waals surface area contributed by atoms with Crippen LogP contribution in [-0.2, 0) is 11.3 Å². The zero-order valence-electron chi connectivity index (χ0n) is 14.1. The number of likely N-dealkylation sites (tertiary alicyclic amines) is 1. The van der Waals surface area contributed by atoms with Crippen LogP contribution >= 0.6 is 11.6 Å². The molecule has 0 bridgehead atoms. The second-order valence-corrected chi connectivity index (χ2v) is 6.82. The van der Waals surface area contributed by atoms with Crippen LogP contribution in [0.2, 0.25) is 5.15 Å². The van der Waals surface area contributed by atoms with Crippen molar-refractivity contribution in [1.82, 2.24) is 14.5 Å². The van der Waals surface area contributed by atoms with Crippen LogP contribution in [0.5, 0.6) is 0 Å². The van der Waals surface area contributed by atoms with Crippen LogP contribution in [-0.4, -0.2) is 50.4 Å². The largest absolute Gasteiger partial charge is 0.389 e. The van der Waals surface area contributed by atoms with Gasteiger partial charge in [-0.05, 0) is 30.3 Å². The van der Waals surface area contributed by atoms with Crippen molar-refractivity contribution in [2.45, 2.75) is 12.6 Å². The minimum atomic E-state index is -0.490. The standard InChI is InChI=1S/C19H15ClFN3O3/c20-19-17-14(5-6-22-19)15(18(27)11-1-3-12(21)4-2-11)9-24(17)10-16(26)23-7-13(25)8-23/h1-6,9,13,25H,7-8,10H2. The van der Waals surface area contributed by atoms with Gasteiger partial charge in [0, 0.05) is 42.0 Å². The lowest BCUT2D eigenvalue weighted by atomic mass is 10.0. The zero-order valence-corrected chi connectivity index (χ0v) is 14.9. The van der Waals surface area contributed by atoms with Gasteiger partial charge in [-0.2, -0.15) is 0 Å². The van der Waals surface area contributed by atoms with E-state index in [1.165, 1.54) is 35.4 Å². The summed E-state index contributed by atoms with van der Waals surface area (Å²) >= 11 is 6.22. The van der Waals surface area contributed by atoms with Crippen LogP contribution in [0.3, 0.4) is 0 Å². The quantitative estimate of drug-likeness (QED) is 0.550. The topological polar surface area (TPSA) is 75.4 Å². The number of aromatic nitrogens is 2. The summed E-state index contributed by atoms with van der Waals surface area (Å²) in [4.78, 5) is 30.9. The molecule has 4 rings (SSSR count). The maximum Gasteiger partial charge on any atom is 0.242 e. The van der Waals surface area contributed by atoms with Crippen molar-refractivity contribution in [3.8, 4) is 0 Å². The molecule has 6 nitrogen and oxygen atoms in total. The van der Waals surface area contributed by atoms with E-state index in [2.05, 4.69) is 4.98 Å². The summed E-state index contributed by atoms with van der Waals surface area (Å²) in [6, 6.07) is 6.93. The first-order valence-electron chi connectivity index (χ1n) is 8.33. The van der Waals surface area contributed by atoms with E-state index in [1.807, 2.05) is 0 Å². The molecule has 8 heteroatoms. The molecule has 27 heavy (non-hydrogen) atoms. The zero-order chi connectivity index (χ0) is 19.1. The highest BCUT2D eigenvalue weighted by Gasteiger charge is 2.29. The molecular formula is C19H15ClFN3O3. The average Bonchev–Trinajstić information content (AvgIpc) is 2.99. The third-order valence-corrected chi connectivity index (χ3v) is 4.89. The lowest BCUT2D eigenvalue weighted by Gasteiger charge is -2.36. The number of rotatable bonds is 4. The normalized spacial score (nSPS) is 14.4. The van der Waals surface area contributed by atoms with Crippen molar-refractivity contribution in [2.24, 2.45) is 0 Å². The first kappa shape index (κ1) is 17.6. The van der Waals surface area contributed by atoms with E-state index in [9.17, 15) is 19.1 Å². The molecule has 1 N–H and O–H groups in total. The molecule has 0 radical (unpaired) electrons. The summed E-state index contributed by atoms with van der Waals surface area (Å²) in [5.41, 5.74) is 1.18. The van der Waals surface area contributed by atoms with Crippen molar-refractivity contribution < 1.29 is 19.1 Å². The molecule has 0 spiro atoms. The lowest BCUT2D eigenvalue weighted by molar-refractivity contribution is -0.141. The highest BCUT2D eigenvalue weighted by Crippen LogP contribution is 2.28. The summed E-state index contributed by atoms with van der Waals surface area (Å²) in [7, 11) is 0. The minimum Gasteiger partial charge on any atom is -0.389 e. The van der Waals surface area contributed by atoms with E-state index in [-0.39, 0.29) is 23.4 Å². The van der Waals surface area contributed by atoms with Crippen LogP contribution in [0.15, 0.2) is 42.7 Å². The molecular weight excluding hydrogens is 373 g/mol. The summed E-state index contributed by atoms with van der Waals surface area (Å²) in [5, 5.41) is 10.1. The number of fused-ring (bicyclic) bond motifs is 1. The Morgan fingerprint density at radius 2 is 1.93 bits per heavy atom. The molecule has 1 fully saturated rings. The third kappa shape index (κ3) is 3.20. The number of aliphatic hydroxyl groups is 1. The van der Waals surface area contributed by atoms with Crippen LogP contribution in [0.25, 0.3) is 10.9 Å². The molecule has 2 aromatic heterocycles. The maximum absolute atomic E-state index is 13.1. The SMILES string of the molecule is O=C(c1ccc(F)cc1)c1cn(CC(=O)N2CC(O)C2)c2c(Cl)nccc12. The van der Waals surface area contributed by atoms with Crippen LogP contribution in [0, 0.1) is 5.82 Å². The fraction of sp³-hybridized carbons (Fsp3) is 0.211. The van der Waals surface area contributed by atoms with Gasteiger partial charge in [0.1, 0.15) is 12.4 Å². The molecule has 0 aliphatic carbocycles. The second-order valence-electron chi connectivity index (χ2n) is 6.46. The summed E-state index contributed by atoms with van der Waals surface area (Å²) < 4.78 is 14.7. The number of carbonyl (C=O) groups excluding carboxylic acids is 2. The Kier molecular flexibility index (Phi) is 4.41. The highest BCUT2D eigenvalue weighted by molar-refractivity contribution is 6.34. The van der Waals surface area contributed by atoms with Crippen molar-refractivity contribution in [3.05, 3.63) is 64.8 Å². The van der Waals surface area contributed by atoms with E-state index in [0.717, 1.165) is 0 Å². The maximum atomic E-state index is 13.1. The minimum absolute atomic E-state index is 0.0225. The molecule has 1 amide bonds.